The van der Waals surface area contributed by atoms with E-state index in [1.165, 1.54) is 31.0 Å². The van der Waals surface area contributed by atoms with E-state index in [-0.39, 0.29) is 5.92 Å². The van der Waals surface area contributed by atoms with Gasteiger partial charge >= 0.3 is 0 Å². The van der Waals surface area contributed by atoms with E-state index in [9.17, 15) is 8.78 Å². The van der Waals surface area contributed by atoms with Crippen LogP contribution in [0.25, 0.3) is 0 Å². The average molecular weight is 280 g/mol. The number of nitrogens with zero attached hydrogens (tertiary/aromatic N) is 1. The van der Waals surface area contributed by atoms with E-state index in [2.05, 4.69) is 10.2 Å². The van der Waals surface area contributed by atoms with Gasteiger partial charge in [-0.15, -0.1) is 0 Å². The van der Waals surface area contributed by atoms with Crippen molar-refractivity contribution >= 4 is 0 Å². The SMILES string of the molecule is Fc1cccc(F)c1C1CCN(CC2CCNCC2)C1. The molecule has 2 heterocycles. The van der Waals surface area contributed by atoms with Gasteiger partial charge in [-0.05, 0) is 56.9 Å². The average Bonchev–Trinajstić information content (AvgIpc) is 2.88. The molecule has 0 radical (unpaired) electrons. The molecule has 0 aliphatic carbocycles. The van der Waals surface area contributed by atoms with Crippen molar-refractivity contribution in [2.45, 2.75) is 25.2 Å². The van der Waals surface area contributed by atoms with E-state index in [0.717, 1.165) is 45.1 Å². The second kappa shape index (κ2) is 6.19. The van der Waals surface area contributed by atoms with E-state index >= 15 is 0 Å². The van der Waals surface area contributed by atoms with E-state index in [0.29, 0.717) is 5.56 Å². The second-order valence-corrected chi connectivity index (χ2v) is 6.07. The van der Waals surface area contributed by atoms with Crippen LogP contribution in [0.3, 0.4) is 0 Å². The first-order chi connectivity index (χ1) is 9.74. The summed E-state index contributed by atoms with van der Waals surface area (Å²) < 4.78 is 27.6. The molecule has 0 bridgehead atoms. The third-order valence-electron chi connectivity index (χ3n) is 4.66. The highest BCUT2D eigenvalue weighted by Crippen LogP contribution is 2.31. The van der Waals surface area contributed by atoms with Gasteiger partial charge in [0, 0.05) is 24.6 Å². The van der Waals surface area contributed by atoms with Gasteiger partial charge in [-0.3, -0.25) is 0 Å². The van der Waals surface area contributed by atoms with Crippen molar-refractivity contribution in [3.05, 3.63) is 35.4 Å². The maximum Gasteiger partial charge on any atom is 0.129 e. The molecule has 1 atom stereocenters. The fraction of sp³-hybridized carbons (Fsp3) is 0.625. The van der Waals surface area contributed by atoms with Crippen molar-refractivity contribution < 1.29 is 8.78 Å². The van der Waals surface area contributed by atoms with Crippen LogP contribution >= 0.6 is 0 Å². The zero-order valence-electron chi connectivity index (χ0n) is 11.7. The molecule has 4 heteroatoms. The molecule has 20 heavy (non-hydrogen) atoms. The van der Waals surface area contributed by atoms with Crippen molar-refractivity contribution in [1.82, 2.24) is 10.2 Å². The molecule has 2 saturated heterocycles. The topological polar surface area (TPSA) is 15.3 Å². The molecule has 2 aliphatic rings. The number of likely N-dealkylation sites (tertiary alicyclic amines) is 1. The molecule has 110 valence electrons. The Balaban J connectivity index is 1.61. The van der Waals surface area contributed by atoms with Crippen molar-refractivity contribution in [3.63, 3.8) is 0 Å². The van der Waals surface area contributed by atoms with Gasteiger partial charge in [0.25, 0.3) is 0 Å². The number of benzene rings is 1. The lowest BCUT2D eigenvalue weighted by Gasteiger charge is -2.27. The van der Waals surface area contributed by atoms with Crippen molar-refractivity contribution in [3.8, 4) is 0 Å². The lowest BCUT2D eigenvalue weighted by molar-refractivity contribution is 0.238. The normalized spacial score (nSPS) is 25.2. The third-order valence-corrected chi connectivity index (χ3v) is 4.66. The zero-order chi connectivity index (χ0) is 13.9. The van der Waals surface area contributed by atoms with Crippen LogP contribution in [0.15, 0.2) is 18.2 Å². The Kier molecular flexibility index (Phi) is 4.32. The molecule has 2 aliphatic heterocycles. The molecule has 1 unspecified atom stereocenters. The first-order valence-electron chi connectivity index (χ1n) is 7.61. The summed E-state index contributed by atoms with van der Waals surface area (Å²) in [4.78, 5) is 2.38. The lowest BCUT2D eigenvalue weighted by Crippen LogP contribution is -2.35. The summed E-state index contributed by atoms with van der Waals surface area (Å²) in [5.41, 5.74) is 0.292. The minimum Gasteiger partial charge on any atom is -0.317 e. The van der Waals surface area contributed by atoms with Gasteiger partial charge in [0.15, 0.2) is 0 Å². The van der Waals surface area contributed by atoms with Crippen molar-refractivity contribution in [2.75, 3.05) is 32.7 Å². The molecular weight excluding hydrogens is 258 g/mol. The molecular formula is C16H22F2N2. The largest absolute Gasteiger partial charge is 0.317 e. The summed E-state index contributed by atoms with van der Waals surface area (Å²) in [5.74, 6) is -0.0317. The van der Waals surface area contributed by atoms with Gasteiger partial charge in [-0.1, -0.05) is 6.07 Å². The van der Waals surface area contributed by atoms with Crippen LogP contribution in [-0.2, 0) is 0 Å². The summed E-state index contributed by atoms with van der Waals surface area (Å²) in [6.07, 6.45) is 3.30. The molecule has 1 aromatic carbocycles. The fourth-order valence-corrected chi connectivity index (χ4v) is 3.56. The van der Waals surface area contributed by atoms with Crippen LogP contribution in [-0.4, -0.2) is 37.6 Å². The Bertz CT molecular complexity index is 438. The summed E-state index contributed by atoms with van der Waals surface area (Å²) in [6.45, 7) is 5.03. The van der Waals surface area contributed by atoms with Crippen LogP contribution < -0.4 is 5.32 Å². The van der Waals surface area contributed by atoms with Crippen LogP contribution in [0.2, 0.25) is 0 Å². The maximum atomic E-state index is 13.8. The molecule has 0 aromatic heterocycles. The Morgan fingerprint density at radius 1 is 1.10 bits per heavy atom. The Morgan fingerprint density at radius 3 is 2.50 bits per heavy atom. The quantitative estimate of drug-likeness (QED) is 0.916. The third kappa shape index (κ3) is 3.01. The predicted octanol–water partition coefficient (Wildman–Crippen LogP) is 2.75. The molecule has 0 amide bonds. The second-order valence-electron chi connectivity index (χ2n) is 6.07. The van der Waals surface area contributed by atoms with Crippen LogP contribution in [0, 0.1) is 17.6 Å². The zero-order valence-corrected chi connectivity index (χ0v) is 11.7. The predicted molar refractivity (Wildman–Crippen MR) is 75.7 cm³/mol. The van der Waals surface area contributed by atoms with Crippen LogP contribution in [0.5, 0.6) is 0 Å². The highest BCUT2D eigenvalue weighted by Gasteiger charge is 2.29. The van der Waals surface area contributed by atoms with E-state index in [4.69, 9.17) is 0 Å². The first kappa shape index (κ1) is 14.0. The fourth-order valence-electron chi connectivity index (χ4n) is 3.56. The minimum atomic E-state index is -0.390. The van der Waals surface area contributed by atoms with E-state index in [1.807, 2.05) is 0 Å². The highest BCUT2D eigenvalue weighted by atomic mass is 19.1. The van der Waals surface area contributed by atoms with Gasteiger partial charge in [0.1, 0.15) is 11.6 Å². The smallest absolute Gasteiger partial charge is 0.129 e. The standard InChI is InChI=1S/C16H22F2N2/c17-14-2-1-3-15(18)16(14)13-6-9-20(11-13)10-12-4-7-19-8-5-12/h1-3,12-13,19H,4-11H2. The van der Waals surface area contributed by atoms with Crippen molar-refractivity contribution in [2.24, 2.45) is 5.92 Å². The molecule has 0 spiro atoms. The number of nitrogens with one attached hydrogen (secondary N) is 1. The van der Waals surface area contributed by atoms with E-state index in [1.54, 1.807) is 0 Å². The Hall–Kier alpha value is -1.00. The Morgan fingerprint density at radius 2 is 1.80 bits per heavy atom. The van der Waals surface area contributed by atoms with Gasteiger partial charge in [-0.25, -0.2) is 8.78 Å². The summed E-state index contributed by atoms with van der Waals surface area (Å²) >= 11 is 0. The number of hydrogen-bond donors (Lipinski definition) is 1. The van der Waals surface area contributed by atoms with E-state index < -0.39 is 11.6 Å². The van der Waals surface area contributed by atoms with Crippen LogP contribution in [0.1, 0.15) is 30.7 Å². The monoisotopic (exact) mass is 280 g/mol. The van der Waals surface area contributed by atoms with Crippen molar-refractivity contribution in [1.29, 1.82) is 0 Å². The number of rotatable bonds is 3. The summed E-state index contributed by atoms with van der Waals surface area (Å²) in [5, 5.41) is 3.37. The number of piperidine rings is 1. The molecule has 1 aromatic rings. The minimum absolute atomic E-state index is 0.0120. The molecule has 2 nitrogen and oxygen atoms in total. The summed E-state index contributed by atoms with van der Waals surface area (Å²) in [7, 11) is 0. The molecule has 1 N–H and O–H groups in total. The molecule has 3 rings (SSSR count). The Labute approximate surface area is 119 Å². The summed E-state index contributed by atoms with van der Waals surface area (Å²) in [6, 6.07) is 4.18. The van der Waals surface area contributed by atoms with Gasteiger partial charge in [-0.2, -0.15) is 0 Å². The maximum absolute atomic E-state index is 13.8. The number of hydrogen-bond acceptors (Lipinski definition) is 2. The molecule has 0 saturated carbocycles. The number of halogens is 2. The molecule has 2 fully saturated rings. The lowest BCUT2D eigenvalue weighted by atomic mass is 9.96. The highest BCUT2D eigenvalue weighted by molar-refractivity contribution is 5.25. The van der Waals surface area contributed by atoms with Gasteiger partial charge in [0.2, 0.25) is 0 Å². The van der Waals surface area contributed by atoms with Gasteiger partial charge in [0.05, 0.1) is 0 Å². The first-order valence-corrected chi connectivity index (χ1v) is 7.61. The van der Waals surface area contributed by atoms with Gasteiger partial charge < -0.3 is 10.2 Å². The van der Waals surface area contributed by atoms with Crippen LogP contribution in [0.4, 0.5) is 8.78 Å².